The first-order valence-electron chi connectivity index (χ1n) is 8.19. The summed E-state index contributed by atoms with van der Waals surface area (Å²) in [7, 11) is -7.54. The molecule has 1 heterocycles. The Balaban J connectivity index is 2.19. The van der Waals surface area contributed by atoms with Crippen molar-refractivity contribution in [1.82, 2.24) is 9.71 Å². The van der Waals surface area contributed by atoms with Crippen LogP contribution in [0.25, 0.3) is 22.6 Å². The van der Waals surface area contributed by atoms with Crippen molar-refractivity contribution in [1.29, 1.82) is 0 Å². The van der Waals surface area contributed by atoms with E-state index < -0.39 is 26.1 Å². The monoisotopic (exact) mass is 421 g/mol. The van der Waals surface area contributed by atoms with Gasteiger partial charge >= 0.3 is 0 Å². The van der Waals surface area contributed by atoms with E-state index in [0.29, 0.717) is 22.3 Å². The number of hydrogen-bond donors (Lipinski definition) is 2. The van der Waals surface area contributed by atoms with Gasteiger partial charge in [0.05, 0.1) is 17.3 Å². The zero-order valence-corrected chi connectivity index (χ0v) is 16.8. The van der Waals surface area contributed by atoms with Crippen LogP contribution in [0.3, 0.4) is 0 Å². The molecule has 8 nitrogen and oxygen atoms in total. The molecule has 3 rings (SSSR count). The summed E-state index contributed by atoms with van der Waals surface area (Å²) in [5, 5.41) is 5.45. The van der Waals surface area contributed by atoms with Crippen LogP contribution < -0.4 is 9.86 Å². The summed E-state index contributed by atoms with van der Waals surface area (Å²) in [5.41, 5.74) is 1.98. The number of rotatable bonds is 6. The quantitative estimate of drug-likeness (QED) is 0.627. The van der Waals surface area contributed by atoms with Gasteiger partial charge in [-0.2, -0.15) is 0 Å². The van der Waals surface area contributed by atoms with Gasteiger partial charge in [-0.25, -0.2) is 31.7 Å². The Labute approximate surface area is 163 Å². The summed E-state index contributed by atoms with van der Waals surface area (Å²) >= 11 is 0. The van der Waals surface area contributed by atoms with E-state index in [1.807, 2.05) is 0 Å². The average molecular weight is 422 g/mol. The Kier molecular flexibility index (Phi) is 5.39. The highest BCUT2D eigenvalue weighted by Gasteiger charge is 2.22. The van der Waals surface area contributed by atoms with Gasteiger partial charge in [0.2, 0.25) is 25.9 Å². The van der Waals surface area contributed by atoms with Crippen molar-refractivity contribution in [2.75, 3.05) is 6.26 Å². The van der Waals surface area contributed by atoms with Crippen molar-refractivity contribution in [2.45, 2.75) is 17.9 Å². The van der Waals surface area contributed by atoms with Gasteiger partial charge in [-0.05, 0) is 30.2 Å². The summed E-state index contributed by atoms with van der Waals surface area (Å²) in [6, 6.07) is 11.0. The van der Waals surface area contributed by atoms with Crippen LogP contribution in [0.4, 0.5) is 0 Å². The Morgan fingerprint density at radius 1 is 1.07 bits per heavy atom. The molecule has 0 aliphatic heterocycles. The van der Waals surface area contributed by atoms with Crippen LogP contribution in [0.5, 0.6) is 0 Å². The number of sulfonamides is 2. The minimum absolute atomic E-state index is 0.109. The molecule has 148 valence electrons. The molecular weight excluding hydrogens is 402 g/mol. The summed E-state index contributed by atoms with van der Waals surface area (Å²) < 4.78 is 55.5. The number of nitrogens with one attached hydrogen (secondary N) is 1. The van der Waals surface area contributed by atoms with Crippen LogP contribution in [0, 0.1) is 0 Å². The van der Waals surface area contributed by atoms with Crippen molar-refractivity contribution in [2.24, 2.45) is 5.14 Å². The van der Waals surface area contributed by atoms with E-state index in [4.69, 9.17) is 9.56 Å². The molecule has 3 N–H and O–H groups in total. The summed E-state index contributed by atoms with van der Waals surface area (Å²) in [5.74, 6) is 0.261. The first-order chi connectivity index (χ1) is 13.1. The van der Waals surface area contributed by atoms with Gasteiger partial charge in [0.15, 0.2) is 0 Å². The molecule has 0 amide bonds. The number of benzene rings is 2. The SMILES string of the molecule is CC(NS(C)(=O)=O)c1ccccc1-c1ccc(-c2ncco2)cc1S(N)(=O)=O. The van der Waals surface area contributed by atoms with Gasteiger partial charge in [-0.3, -0.25) is 0 Å². The topological polar surface area (TPSA) is 132 Å². The Bertz CT molecular complexity index is 1200. The molecule has 0 aliphatic rings. The van der Waals surface area contributed by atoms with Crippen molar-refractivity contribution in [3.63, 3.8) is 0 Å². The standard InChI is InChI=1S/C18H19N3O5S2/c1-12(21-27(2,22)23)14-5-3-4-6-15(14)16-8-7-13(18-20-9-10-26-18)11-17(16)28(19,24)25/h3-12,21H,1-2H3,(H2,19,24,25). The van der Waals surface area contributed by atoms with E-state index in [0.717, 1.165) is 6.26 Å². The molecule has 2 aromatic carbocycles. The molecule has 10 heteroatoms. The van der Waals surface area contributed by atoms with E-state index in [-0.39, 0.29) is 10.8 Å². The number of nitrogens with zero attached hydrogens (tertiary/aromatic N) is 1. The first-order valence-corrected chi connectivity index (χ1v) is 11.6. The number of aromatic nitrogens is 1. The van der Waals surface area contributed by atoms with Crippen LogP contribution in [0.15, 0.2) is 64.2 Å². The van der Waals surface area contributed by atoms with E-state index in [1.54, 1.807) is 43.3 Å². The lowest BCUT2D eigenvalue weighted by molar-refractivity contribution is 0.572. The van der Waals surface area contributed by atoms with E-state index in [2.05, 4.69) is 9.71 Å². The van der Waals surface area contributed by atoms with Gasteiger partial charge in [0.25, 0.3) is 0 Å². The van der Waals surface area contributed by atoms with Gasteiger partial charge in [0, 0.05) is 17.2 Å². The second kappa shape index (κ2) is 7.47. The third-order valence-electron chi connectivity index (χ3n) is 4.08. The maximum atomic E-state index is 12.3. The van der Waals surface area contributed by atoms with Crippen LogP contribution >= 0.6 is 0 Å². The third-order valence-corrected chi connectivity index (χ3v) is 5.81. The van der Waals surface area contributed by atoms with Crippen molar-refractivity contribution >= 4 is 20.0 Å². The van der Waals surface area contributed by atoms with E-state index in [1.165, 1.54) is 18.5 Å². The Morgan fingerprint density at radius 2 is 1.79 bits per heavy atom. The smallest absolute Gasteiger partial charge is 0.238 e. The van der Waals surface area contributed by atoms with E-state index >= 15 is 0 Å². The van der Waals surface area contributed by atoms with E-state index in [9.17, 15) is 16.8 Å². The maximum absolute atomic E-state index is 12.3. The summed E-state index contributed by atoms with van der Waals surface area (Å²) in [6.07, 6.45) is 3.90. The Morgan fingerprint density at radius 3 is 2.39 bits per heavy atom. The summed E-state index contributed by atoms with van der Waals surface area (Å²) in [4.78, 5) is 3.91. The first kappa shape index (κ1) is 20.2. The van der Waals surface area contributed by atoms with Gasteiger partial charge in [0.1, 0.15) is 6.26 Å². The number of hydrogen-bond acceptors (Lipinski definition) is 6. The van der Waals surface area contributed by atoms with Crippen LogP contribution in [0.2, 0.25) is 0 Å². The molecule has 0 fully saturated rings. The molecular formula is C18H19N3O5S2. The molecule has 0 saturated carbocycles. The van der Waals surface area contributed by atoms with Gasteiger partial charge < -0.3 is 4.42 Å². The van der Waals surface area contributed by atoms with Gasteiger partial charge in [-0.1, -0.05) is 30.3 Å². The van der Waals surface area contributed by atoms with Crippen LogP contribution in [-0.2, 0) is 20.0 Å². The Hall–Kier alpha value is -2.53. The molecule has 0 aliphatic carbocycles. The number of primary sulfonamides is 1. The van der Waals surface area contributed by atoms with Crippen LogP contribution in [-0.4, -0.2) is 28.1 Å². The maximum Gasteiger partial charge on any atom is 0.238 e. The molecule has 0 spiro atoms. The second-order valence-corrected chi connectivity index (χ2v) is 9.60. The predicted molar refractivity (Wildman–Crippen MR) is 105 cm³/mol. The van der Waals surface area contributed by atoms with Crippen molar-refractivity contribution in [3.8, 4) is 22.6 Å². The van der Waals surface area contributed by atoms with Crippen molar-refractivity contribution in [3.05, 3.63) is 60.5 Å². The number of oxazole rings is 1. The second-order valence-electron chi connectivity index (χ2n) is 6.29. The average Bonchev–Trinajstić information content (AvgIpc) is 3.13. The zero-order valence-electron chi connectivity index (χ0n) is 15.2. The largest absolute Gasteiger partial charge is 0.445 e. The fourth-order valence-electron chi connectivity index (χ4n) is 2.98. The molecule has 1 aromatic heterocycles. The lowest BCUT2D eigenvalue weighted by atomic mass is 9.95. The molecule has 1 unspecified atom stereocenters. The van der Waals surface area contributed by atoms with Crippen LogP contribution in [0.1, 0.15) is 18.5 Å². The molecule has 28 heavy (non-hydrogen) atoms. The zero-order chi connectivity index (χ0) is 20.5. The number of nitrogens with two attached hydrogens (primary N) is 1. The minimum Gasteiger partial charge on any atom is -0.445 e. The molecule has 3 aromatic rings. The normalized spacial score (nSPS) is 13.4. The fourth-order valence-corrected chi connectivity index (χ4v) is 4.53. The molecule has 0 bridgehead atoms. The highest BCUT2D eigenvalue weighted by Crippen LogP contribution is 2.35. The highest BCUT2D eigenvalue weighted by atomic mass is 32.2. The lowest BCUT2D eigenvalue weighted by Gasteiger charge is -2.19. The predicted octanol–water partition coefficient (Wildman–Crippen LogP) is 2.27. The summed E-state index contributed by atoms with van der Waals surface area (Å²) in [6.45, 7) is 1.68. The molecule has 0 saturated heterocycles. The van der Waals surface area contributed by atoms with Crippen molar-refractivity contribution < 1.29 is 21.3 Å². The third kappa shape index (κ3) is 4.47. The molecule has 1 atom stereocenters. The highest BCUT2D eigenvalue weighted by molar-refractivity contribution is 7.89. The lowest BCUT2D eigenvalue weighted by Crippen LogP contribution is -2.25. The molecule has 0 radical (unpaired) electrons. The fraction of sp³-hybridized carbons (Fsp3) is 0.167. The van der Waals surface area contributed by atoms with Gasteiger partial charge in [-0.15, -0.1) is 0 Å². The minimum atomic E-state index is -4.08.